The maximum Gasteiger partial charge on any atom is 0.0653 e. The zero-order valence-corrected chi connectivity index (χ0v) is 29.8. The lowest BCUT2D eigenvalue weighted by molar-refractivity contribution is 1.09. The number of fused-ring (bicyclic) bond motifs is 3. The van der Waals surface area contributed by atoms with E-state index in [4.69, 9.17) is 11.5 Å². The van der Waals surface area contributed by atoms with Gasteiger partial charge in [0.15, 0.2) is 0 Å². The van der Waals surface area contributed by atoms with Gasteiger partial charge >= 0.3 is 0 Å². The van der Waals surface area contributed by atoms with Gasteiger partial charge < -0.3 is 0 Å². The molecule has 0 aliphatic carbocycles. The molecule has 0 radical (unpaired) electrons. The molecule has 0 N–H and O–H groups in total. The van der Waals surface area contributed by atoms with E-state index in [0.29, 0.717) is 0 Å². The quantitative estimate of drug-likeness (QED) is 0.0737. The van der Waals surface area contributed by atoms with E-state index in [2.05, 4.69) is 179 Å². The molecule has 56 heavy (non-hydrogen) atoms. The van der Waals surface area contributed by atoms with Crippen LogP contribution in [0, 0.1) is 119 Å². The number of hydrazone groups is 1. The van der Waals surface area contributed by atoms with E-state index in [0.717, 1.165) is 49.9 Å². The molecule has 0 atom stereocenters. The molecule has 0 saturated heterocycles. The number of hydrogen-bond donors (Lipinski definition) is 0. The van der Waals surface area contributed by atoms with Gasteiger partial charge in [0, 0.05) is 76.0 Å². The van der Waals surface area contributed by atoms with Crippen molar-refractivity contribution in [3.8, 4) is 119 Å². The average molecular weight is 704 g/mol. The lowest BCUT2D eigenvalue weighted by atomic mass is 10.1. The summed E-state index contributed by atoms with van der Waals surface area (Å²) in [6.45, 7) is 0. The molecular formula is C53H25N3. The molecule has 6 aromatic rings. The predicted molar refractivity (Wildman–Crippen MR) is 232 cm³/mol. The van der Waals surface area contributed by atoms with Gasteiger partial charge in [-0.15, -0.1) is 6.42 Å². The van der Waals surface area contributed by atoms with Crippen LogP contribution in [0.25, 0.3) is 34.0 Å². The van der Waals surface area contributed by atoms with E-state index in [9.17, 15) is 0 Å². The van der Waals surface area contributed by atoms with Crippen molar-refractivity contribution in [2.45, 2.75) is 0 Å². The second-order valence-electron chi connectivity index (χ2n) is 11.2. The third-order valence-electron chi connectivity index (χ3n) is 7.67. The maximum absolute atomic E-state index is 4.99. The fourth-order valence-electron chi connectivity index (χ4n) is 5.24. The monoisotopic (exact) mass is 703 g/mol. The van der Waals surface area contributed by atoms with Crippen molar-refractivity contribution in [1.82, 2.24) is 4.57 Å². The zero-order chi connectivity index (χ0) is 38.5. The number of para-hydroxylation sites is 2. The molecule has 3 nitrogen and oxygen atoms in total. The number of rotatable bonds is 6. The van der Waals surface area contributed by atoms with Crippen LogP contribution in [0.4, 0.5) is 11.4 Å². The van der Waals surface area contributed by atoms with Gasteiger partial charge in [0.25, 0.3) is 0 Å². The number of nitrogens with zero attached hydrogens (tertiary/aromatic N) is 3. The number of hydrogen-bond acceptors (Lipinski definition) is 2. The second-order valence-corrected chi connectivity index (χ2v) is 11.2. The van der Waals surface area contributed by atoms with Crippen molar-refractivity contribution in [3.63, 3.8) is 0 Å². The van der Waals surface area contributed by atoms with Crippen molar-refractivity contribution in [1.29, 1.82) is 0 Å². The van der Waals surface area contributed by atoms with Crippen LogP contribution in [0.1, 0.15) is 16.7 Å². The molecule has 0 fully saturated rings. The van der Waals surface area contributed by atoms with Gasteiger partial charge in [-0.2, -0.15) is 5.10 Å². The predicted octanol–water partition coefficient (Wildman–Crippen LogP) is 8.61. The van der Waals surface area contributed by atoms with E-state index in [-0.39, 0.29) is 0 Å². The highest BCUT2D eigenvalue weighted by molar-refractivity contribution is 6.10. The molecule has 3 heteroatoms. The molecule has 0 unspecified atom stereocenters. The van der Waals surface area contributed by atoms with Gasteiger partial charge in [-0.05, 0) is 107 Å². The van der Waals surface area contributed by atoms with E-state index >= 15 is 0 Å². The summed E-state index contributed by atoms with van der Waals surface area (Å²) in [5.41, 5.74) is 7.05. The van der Waals surface area contributed by atoms with Gasteiger partial charge in [0.2, 0.25) is 0 Å². The zero-order valence-electron chi connectivity index (χ0n) is 29.8. The van der Waals surface area contributed by atoms with E-state index in [1.165, 1.54) is 0 Å². The largest absolute Gasteiger partial charge is 0.268 e. The molecule has 0 spiro atoms. The van der Waals surface area contributed by atoms with E-state index in [1.807, 2.05) is 88.6 Å². The summed E-state index contributed by atoms with van der Waals surface area (Å²) in [4.78, 5) is 0. The Morgan fingerprint density at radius 3 is 1.50 bits per heavy atom. The summed E-state index contributed by atoms with van der Waals surface area (Å²) < 4.78 is 1.94. The summed E-state index contributed by atoms with van der Waals surface area (Å²) >= 11 is 0. The summed E-state index contributed by atoms with van der Waals surface area (Å²) in [6.07, 6.45) is 11.1. The summed E-state index contributed by atoms with van der Waals surface area (Å²) in [5.74, 6) is 46.1. The molecule has 6 rings (SSSR count). The first-order valence-electron chi connectivity index (χ1n) is 17.0. The Morgan fingerprint density at radius 1 is 0.429 bits per heavy atom. The Kier molecular flexibility index (Phi) is 13.0. The molecule has 0 aliphatic heterocycles. The lowest BCUT2D eigenvalue weighted by Crippen LogP contribution is -2.09. The standard InChI is InChI=1S/C53H25N3/c1-2-3-4-5-6-7-8-9-10-11-12-13-14-15-16-17-18-27-42-55-52-33-26-25-32-50(52)51-43-47(38-41-53(51)55)44-54-56(48-30-23-20-24-31-48)49-39-36-46(37-40-49)35-34-45-28-21-19-22-29-45/h1,19-26,28-41,43-44H. The highest BCUT2D eigenvalue weighted by Crippen LogP contribution is 2.30. The van der Waals surface area contributed by atoms with Crippen LogP contribution in [-0.4, -0.2) is 10.8 Å². The van der Waals surface area contributed by atoms with Crippen LogP contribution in [0.5, 0.6) is 0 Å². The van der Waals surface area contributed by atoms with Crippen molar-refractivity contribution in [3.05, 3.63) is 144 Å². The van der Waals surface area contributed by atoms with E-state index < -0.39 is 0 Å². The number of anilines is 2. The number of benzene rings is 5. The highest BCUT2D eigenvalue weighted by Gasteiger charge is 2.11. The molecule has 5 aromatic carbocycles. The fourth-order valence-corrected chi connectivity index (χ4v) is 5.24. The van der Waals surface area contributed by atoms with Gasteiger partial charge in [-0.3, -0.25) is 4.57 Å². The fraction of sp³-hybridized carbons (Fsp3) is 0. The maximum atomic E-state index is 4.99. The summed E-state index contributed by atoms with van der Waals surface area (Å²) in [5, 5.41) is 9.04. The smallest absolute Gasteiger partial charge is 0.0653 e. The highest BCUT2D eigenvalue weighted by atomic mass is 15.5. The Labute approximate surface area is 328 Å². The Hall–Kier alpha value is -9.29. The topological polar surface area (TPSA) is 20.5 Å². The molecule has 0 amide bonds. The first-order chi connectivity index (χ1) is 27.8. The van der Waals surface area contributed by atoms with Crippen molar-refractivity contribution in [2.24, 2.45) is 5.10 Å². The minimum Gasteiger partial charge on any atom is -0.268 e. The van der Waals surface area contributed by atoms with E-state index in [1.54, 1.807) is 0 Å². The van der Waals surface area contributed by atoms with Crippen molar-refractivity contribution < 1.29 is 0 Å². The molecule has 0 bridgehead atoms. The van der Waals surface area contributed by atoms with Crippen LogP contribution in [0.2, 0.25) is 0 Å². The summed E-state index contributed by atoms with van der Waals surface area (Å²) in [6, 6.07) is 46.3. The lowest BCUT2D eigenvalue weighted by Gasteiger charge is -2.19. The second kappa shape index (κ2) is 19.9. The van der Waals surface area contributed by atoms with Crippen LogP contribution in [0.15, 0.2) is 132 Å². The molecular weight excluding hydrogens is 679 g/mol. The molecule has 0 aliphatic rings. The molecule has 252 valence electrons. The first-order valence-corrected chi connectivity index (χ1v) is 17.0. The van der Waals surface area contributed by atoms with Gasteiger partial charge in [-0.25, -0.2) is 5.01 Å². The SMILES string of the molecule is C#CC#CC#CC#CC#CC#CC#CC#CC#CC#Cn1c2ccccc2c2cc(C=NN(c3ccccc3)c3ccc(C=Cc4ccccc4)cc3)ccc21. The molecule has 0 saturated carbocycles. The van der Waals surface area contributed by atoms with Gasteiger partial charge in [-0.1, -0.05) is 97.1 Å². The minimum absolute atomic E-state index is 0.947. The normalized spacial score (nSPS) is 9.05. The molecule has 1 aromatic heterocycles. The molecule has 1 heterocycles. The number of aromatic nitrogens is 1. The Morgan fingerprint density at radius 2 is 0.893 bits per heavy atom. The Bertz CT molecular complexity index is 3120. The van der Waals surface area contributed by atoms with Crippen molar-refractivity contribution in [2.75, 3.05) is 5.01 Å². The van der Waals surface area contributed by atoms with Crippen LogP contribution >= 0.6 is 0 Å². The minimum atomic E-state index is 0.947. The Balaban J connectivity index is 1.18. The van der Waals surface area contributed by atoms with Gasteiger partial charge in [0.05, 0.1) is 28.6 Å². The number of terminal acetylenes is 1. The van der Waals surface area contributed by atoms with Crippen molar-refractivity contribution >= 4 is 51.5 Å². The first kappa shape index (κ1) is 36.5. The third-order valence-corrected chi connectivity index (χ3v) is 7.67. The van der Waals surface area contributed by atoms with Crippen LogP contribution in [-0.2, 0) is 0 Å². The van der Waals surface area contributed by atoms with Crippen LogP contribution < -0.4 is 5.01 Å². The van der Waals surface area contributed by atoms with Gasteiger partial charge in [0.1, 0.15) is 0 Å². The average Bonchev–Trinajstić information content (AvgIpc) is 3.56. The third kappa shape index (κ3) is 10.4. The summed E-state index contributed by atoms with van der Waals surface area (Å²) in [7, 11) is 0. The van der Waals surface area contributed by atoms with Crippen LogP contribution in [0.3, 0.4) is 0 Å².